The van der Waals surface area contributed by atoms with Crippen LogP contribution < -0.4 is 5.32 Å². The third-order valence-corrected chi connectivity index (χ3v) is 4.72. The molecular weight excluding hydrogens is 302 g/mol. The highest BCUT2D eigenvalue weighted by atomic mass is 16.3. The molecule has 1 aliphatic rings. The zero-order chi connectivity index (χ0) is 17.4. The van der Waals surface area contributed by atoms with Crippen molar-refractivity contribution in [3.63, 3.8) is 0 Å². The molecule has 0 bridgehead atoms. The van der Waals surface area contributed by atoms with Crippen LogP contribution in [0.15, 0.2) is 30.3 Å². The Kier molecular flexibility index (Phi) is 7.53. The van der Waals surface area contributed by atoms with E-state index in [9.17, 15) is 9.90 Å². The summed E-state index contributed by atoms with van der Waals surface area (Å²) in [6, 6.07) is 10.1. The quantitative estimate of drug-likeness (QED) is 0.840. The molecule has 24 heavy (non-hydrogen) atoms. The molecule has 5 nitrogen and oxygen atoms in total. The highest BCUT2D eigenvalue weighted by Crippen LogP contribution is 2.20. The summed E-state index contributed by atoms with van der Waals surface area (Å²) in [6.45, 7) is 9.17. The van der Waals surface area contributed by atoms with Crippen LogP contribution in [0.2, 0.25) is 0 Å². The zero-order valence-electron chi connectivity index (χ0n) is 14.9. The maximum absolute atomic E-state index is 12.5. The fourth-order valence-corrected chi connectivity index (χ4v) is 3.29. The Morgan fingerprint density at radius 1 is 1.21 bits per heavy atom. The number of hydrogen-bond acceptors (Lipinski definition) is 3. The molecule has 2 atom stereocenters. The standard InChI is InChI=1S/C19H31N3O2/c1-3-21-10-7-11-22(13-12-21)19(24)20-15-18(14-16(2)23)17-8-5-4-6-9-17/h4-6,8-9,16,18,23H,3,7,10-15H2,1-2H3,(H,20,24). The zero-order valence-corrected chi connectivity index (χ0v) is 14.9. The molecule has 1 aromatic rings. The number of carbonyl (C=O) groups excluding carboxylic acids is 1. The summed E-state index contributed by atoms with van der Waals surface area (Å²) in [5.74, 6) is 0.134. The van der Waals surface area contributed by atoms with Crippen molar-refractivity contribution in [2.75, 3.05) is 39.3 Å². The molecule has 0 aliphatic carbocycles. The van der Waals surface area contributed by atoms with E-state index in [1.54, 1.807) is 6.92 Å². The Labute approximate surface area is 145 Å². The molecule has 2 unspecified atom stereocenters. The van der Waals surface area contributed by atoms with E-state index < -0.39 is 0 Å². The molecule has 1 aromatic carbocycles. The summed E-state index contributed by atoms with van der Waals surface area (Å²) in [5.41, 5.74) is 1.16. The van der Waals surface area contributed by atoms with Crippen molar-refractivity contribution in [3.8, 4) is 0 Å². The lowest BCUT2D eigenvalue weighted by molar-refractivity contribution is 0.170. The lowest BCUT2D eigenvalue weighted by Crippen LogP contribution is -2.43. The number of nitrogens with one attached hydrogen (secondary N) is 1. The van der Waals surface area contributed by atoms with Crippen molar-refractivity contribution in [2.24, 2.45) is 0 Å². The van der Waals surface area contributed by atoms with Crippen LogP contribution in [0.1, 0.15) is 38.2 Å². The Morgan fingerprint density at radius 2 is 1.96 bits per heavy atom. The first-order chi connectivity index (χ1) is 11.6. The first-order valence-electron chi connectivity index (χ1n) is 9.08. The van der Waals surface area contributed by atoms with Gasteiger partial charge in [-0.25, -0.2) is 4.79 Å². The lowest BCUT2D eigenvalue weighted by Gasteiger charge is -2.24. The maximum atomic E-state index is 12.5. The van der Waals surface area contributed by atoms with Crippen LogP contribution in [-0.2, 0) is 0 Å². The van der Waals surface area contributed by atoms with Crippen molar-refractivity contribution in [1.82, 2.24) is 15.1 Å². The number of likely N-dealkylation sites (N-methyl/N-ethyl adjacent to an activating group) is 1. The minimum atomic E-state index is -0.386. The van der Waals surface area contributed by atoms with Gasteiger partial charge in [0, 0.05) is 32.1 Å². The molecule has 1 heterocycles. The summed E-state index contributed by atoms with van der Waals surface area (Å²) in [5, 5.41) is 12.8. The highest BCUT2D eigenvalue weighted by molar-refractivity contribution is 5.74. The summed E-state index contributed by atoms with van der Waals surface area (Å²) in [7, 11) is 0. The number of aliphatic hydroxyl groups excluding tert-OH is 1. The van der Waals surface area contributed by atoms with Crippen molar-refractivity contribution in [3.05, 3.63) is 35.9 Å². The van der Waals surface area contributed by atoms with Crippen molar-refractivity contribution in [2.45, 2.75) is 38.7 Å². The average Bonchev–Trinajstić information content (AvgIpc) is 2.84. The smallest absolute Gasteiger partial charge is 0.317 e. The van der Waals surface area contributed by atoms with Gasteiger partial charge in [0.2, 0.25) is 0 Å². The van der Waals surface area contributed by atoms with Gasteiger partial charge in [0.15, 0.2) is 0 Å². The second-order valence-corrected chi connectivity index (χ2v) is 6.65. The number of nitrogens with zero attached hydrogens (tertiary/aromatic N) is 2. The van der Waals surface area contributed by atoms with Crippen LogP contribution >= 0.6 is 0 Å². The molecule has 0 radical (unpaired) electrons. The molecule has 0 spiro atoms. The van der Waals surface area contributed by atoms with Gasteiger partial charge in [0.05, 0.1) is 6.10 Å². The van der Waals surface area contributed by atoms with Crippen molar-refractivity contribution < 1.29 is 9.90 Å². The minimum absolute atomic E-state index is 0.0134. The normalized spacial score (nSPS) is 18.7. The number of urea groups is 1. The van der Waals surface area contributed by atoms with Gasteiger partial charge >= 0.3 is 6.03 Å². The van der Waals surface area contributed by atoms with Crippen LogP contribution in [0, 0.1) is 0 Å². The molecule has 2 amide bonds. The predicted molar refractivity (Wildman–Crippen MR) is 97.2 cm³/mol. The van der Waals surface area contributed by atoms with Gasteiger partial charge in [-0.3, -0.25) is 0 Å². The Bertz CT molecular complexity index is 493. The molecule has 1 aliphatic heterocycles. The number of rotatable bonds is 6. The number of carbonyl (C=O) groups is 1. The number of aliphatic hydroxyl groups is 1. The molecule has 2 N–H and O–H groups in total. The molecule has 1 saturated heterocycles. The average molecular weight is 333 g/mol. The summed E-state index contributed by atoms with van der Waals surface area (Å²) < 4.78 is 0. The van der Waals surface area contributed by atoms with Crippen LogP contribution in [-0.4, -0.2) is 66.3 Å². The predicted octanol–water partition coefficient (Wildman–Crippen LogP) is 2.28. The third-order valence-electron chi connectivity index (χ3n) is 4.72. The van der Waals surface area contributed by atoms with Crippen LogP contribution in [0.4, 0.5) is 4.79 Å². The van der Waals surface area contributed by atoms with Crippen LogP contribution in [0.5, 0.6) is 0 Å². The SMILES string of the molecule is CCN1CCCN(C(=O)NCC(CC(C)O)c2ccccc2)CC1. The van der Waals surface area contributed by atoms with E-state index in [4.69, 9.17) is 0 Å². The fourth-order valence-electron chi connectivity index (χ4n) is 3.29. The molecule has 5 heteroatoms. The van der Waals surface area contributed by atoms with Gasteiger partial charge in [0.25, 0.3) is 0 Å². The monoisotopic (exact) mass is 333 g/mol. The number of hydrogen-bond donors (Lipinski definition) is 2. The summed E-state index contributed by atoms with van der Waals surface area (Å²) in [6.07, 6.45) is 1.29. The van der Waals surface area contributed by atoms with E-state index in [-0.39, 0.29) is 18.1 Å². The Morgan fingerprint density at radius 3 is 2.62 bits per heavy atom. The second kappa shape index (κ2) is 9.64. The van der Waals surface area contributed by atoms with Crippen molar-refractivity contribution >= 4 is 6.03 Å². The van der Waals surface area contributed by atoms with Gasteiger partial charge in [-0.15, -0.1) is 0 Å². The van der Waals surface area contributed by atoms with E-state index in [1.165, 1.54) is 0 Å². The van der Waals surface area contributed by atoms with Crippen LogP contribution in [0.3, 0.4) is 0 Å². The molecule has 0 saturated carbocycles. The minimum Gasteiger partial charge on any atom is -0.393 e. The molecule has 134 valence electrons. The maximum Gasteiger partial charge on any atom is 0.317 e. The Hall–Kier alpha value is -1.59. The van der Waals surface area contributed by atoms with E-state index in [2.05, 4.69) is 29.3 Å². The van der Waals surface area contributed by atoms with Gasteiger partial charge in [-0.2, -0.15) is 0 Å². The van der Waals surface area contributed by atoms with E-state index >= 15 is 0 Å². The first kappa shape index (κ1) is 18.7. The van der Waals surface area contributed by atoms with Gasteiger partial charge < -0.3 is 20.2 Å². The van der Waals surface area contributed by atoms with E-state index in [1.807, 2.05) is 23.1 Å². The number of benzene rings is 1. The number of amides is 2. The molecule has 2 rings (SSSR count). The Balaban J connectivity index is 1.89. The second-order valence-electron chi connectivity index (χ2n) is 6.65. The summed E-state index contributed by atoms with van der Waals surface area (Å²) >= 11 is 0. The van der Waals surface area contributed by atoms with Gasteiger partial charge in [-0.05, 0) is 38.4 Å². The third kappa shape index (κ3) is 5.80. The largest absolute Gasteiger partial charge is 0.393 e. The lowest BCUT2D eigenvalue weighted by atomic mass is 9.93. The van der Waals surface area contributed by atoms with Crippen LogP contribution in [0.25, 0.3) is 0 Å². The molecule has 0 aromatic heterocycles. The highest BCUT2D eigenvalue weighted by Gasteiger charge is 2.20. The van der Waals surface area contributed by atoms with Gasteiger partial charge in [-0.1, -0.05) is 37.3 Å². The first-order valence-corrected chi connectivity index (χ1v) is 9.08. The fraction of sp³-hybridized carbons (Fsp3) is 0.632. The topological polar surface area (TPSA) is 55.8 Å². The molecule has 1 fully saturated rings. The van der Waals surface area contributed by atoms with E-state index in [0.717, 1.165) is 44.7 Å². The van der Waals surface area contributed by atoms with Crippen molar-refractivity contribution in [1.29, 1.82) is 0 Å². The molecular formula is C19H31N3O2. The van der Waals surface area contributed by atoms with Gasteiger partial charge in [0.1, 0.15) is 0 Å². The summed E-state index contributed by atoms with van der Waals surface area (Å²) in [4.78, 5) is 16.8. The van der Waals surface area contributed by atoms with E-state index in [0.29, 0.717) is 13.0 Å².